The van der Waals surface area contributed by atoms with Crippen LogP contribution in [0.15, 0.2) is 36.4 Å². The Hall–Kier alpha value is -2.48. The summed E-state index contributed by atoms with van der Waals surface area (Å²) in [5, 5.41) is 10.2. The van der Waals surface area contributed by atoms with Crippen LogP contribution < -0.4 is 4.74 Å². The molecule has 0 amide bonds. The maximum Gasteiger partial charge on any atom is 0.156 e. The third kappa shape index (κ3) is 3.02. The summed E-state index contributed by atoms with van der Waals surface area (Å²) in [6.07, 6.45) is 1.68. The zero-order chi connectivity index (χ0) is 16.4. The molecule has 1 aromatic heterocycles. The van der Waals surface area contributed by atoms with Crippen LogP contribution in [-0.2, 0) is 0 Å². The molecule has 23 heavy (non-hydrogen) atoms. The lowest BCUT2D eigenvalue weighted by Crippen LogP contribution is -1.88. The summed E-state index contributed by atoms with van der Waals surface area (Å²) in [6, 6.07) is 13.1. The van der Waals surface area contributed by atoms with E-state index in [1.165, 1.54) is 7.11 Å². The average molecular weight is 344 g/mol. The van der Waals surface area contributed by atoms with Gasteiger partial charge in [0.15, 0.2) is 5.75 Å². The van der Waals surface area contributed by atoms with Crippen molar-refractivity contribution < 1.29 is 4.74 Å². The molecule has 0 aliphatic carbocycles. The van der Waals surface area contributed by atoms with E-state index < -0.39 is 0 Å². The first-order chi connectivity index (χ1) is 11.1. The number of hydrogen-bond donors (Lipinski definition) is 1. The van der Waals surface area contributed by atoms with Crippen LogP contribution in [0.1, 0.15) is 11.4 Å². The van der Waals surface area contributed by atoms with E-state index in [0.29, 0.717) is 32.8 Å². The number of nitriles is 1. The predicted octanol–water partition coefficient (Wildman–Crippen LogP) is 4.94. The second kappa shape index (κ2) is 6.33. The summed E-state index contributed by atoms with van der Waals surface area (Å²) in [4.78, 5) is 7.55. The highest BCUT2D eigenvalue weighted by Crippen LogP contribution is 2.34. The number of ether oxygens (including phenoxy) is 1. The minimum atomic E-state index is 0.383. The Bertz CT molecular complexity index is 898. The molecule has 6 heteroatoms. The standard InChI is InChI=1S/C17H11Cl2N3O/c1-23-16-12(18)7-10(8-13(16)19)6-11(9-20)17-21-14-4-2-3-5-15(14)22-17/h2-8H,1H3,(H,21,22)/b11-6-. The Morgan fingerprint density at radius 2 is 1.96 bits per heavy atom. The first-order valence-corrected chi connectivity index (χ1v) is 7.48. The molecule has 3 aromatic rings. The van der Waals surface area contributed by atoms with Gasteiger partial charge in [-0.1, -0.05) is 35.3 Å². The highest BCUT2D eigenvalue weighted by Gasteiger charge is 2.11. The molecule has 114 valence electrons. The minimum Gasteiger partial charge on any atom is -0.494 e. The first-order valence-electron chi connectivity index (χ1n) is 6.72. The number of para-hydroxylation sites is 2. The summed E-state index contributed by atoms with van der Waals surface area (Å²) < 4.78 is 5.12. The molecule has 0 saturated heterocycles. The maximum atomic E-state index is 9.44. The Kier molecular flexibility index (Phi) is 4.24. The summed E-state index contributed by atoms with van der Waals surface area (Å²) >= 11 is 12.3. The second-order valence-electron chi connectivity index (χ2n) is 4.79. The third-order valence-corrected chi connectivity index (χ3v) is 3.86. The van der Waals surface area contributed by atoms with Crippen molar-refractivity contribution in [3.63, 3.8) is 0 Å². The molecule has 0 fully saturated rings. The third-order valence-electron chi connectivity index (χ3n) is 3.30. The van der Waals surface area contributed by atoms with Crippen molar-refractivity contribution in [3.05, 3.63) is 57.8 Å². The molecule has 0 atom stereocenters. The van der Waals surface area contributed by atoms with Gasteiger partial charge in [-0.2, -0.15) is 5.26 Å². The zero-order valence-electron chi connectivity index (χ0n) is 12.1. The molecule has 3 rings (SSSR count). The fourth-order valence-electron chi connectivity index (χ4n) is 2.26. The summed E-state index contributed by atoms with van der Waals surface area (Å²) in [6.45, 7) is 0. The van der Waals surface area contributed by atoms with Crippen molar-refractivity contribution in [1.82, 2.24) is 9.97 Å². The Balaban J connectivity index is 2.07. The van der Waals surface area contributed by atoms with E-state index in [-0.39, 0.29) is 0 Å². The molecule has 0 bridgehead atoms. The minimum absolute atomic E-state index is 0.383. The maximum absolute atomic E-state index is 9.44. The van der Waals surface area contributed by atoms with Gasteiger partial charge in [0.05, 0.1) is 33.8 Å². The number of imidazole rings is 1. The number of fused-ring (bicyclic) bond motifs is 1. The topological polar surface area (TPSA) is 61.7 Å². The molecule has 1 N–H and O–H groups in total. The van der Waals surface area contributed by atoms with Crippen molar-refractivity contribution in [1.29, 1.82) is 5.26 Å². The van der Waals surface area contributed by atoms with Crippen LogP contribution in [0.5, 0.6) is 5.75 Å². The van der Waals surface area contributed by atoms with Gasteiger partial charge in [-0.05, 0) is 35.9 Å². The number of aromatic nitrogens is 2. The first kappa shape index (κ1) is 15.4. The molecular weight excluding hydrogens is 333 g/mol. The highest BCUT2D eigenvalue weighted by molar-refractivity contribution is 6.37. The van der Waals surface area contributed by atoms with E-state index in [1.807, 2.05) is 24.3 Å². The van der Waals surface area contributed by atoms with E-state index in [1.54, 1.807) is 18.2 Å². The molecule has 0 unspecified atom stereocenters. The van der Waals surface area contributed by atoms with Gasteiger partial charge in [0.25, 0.3) is 0 Å². The number of rotatable bonds is 3. The van der Waals surface area contributed by atoms with Crippen molar-refractivity contribution in [2.24, 2.45) is 0 Å². The van der Waals surface area contributed by atoms with Gasteiger partial charge in [-0.15, -0.1) is 0 Å². The van der Waals surface area contributed by atoms with Crippen molar-refractivity contribution in [2.45, 2.75) is 0 Å². The number of allylic oxidation sites excluding steroid dienone is 1. The fourth-order valence-corrected chi connectivity index (χ4v) is 2.92. The van der Waals surface area contributed by atoms with E-state index in [4.69, 9.17) is 27.9 Å². The number of aromatic amines is 1. The quantitative estimate of drug-likeness (QED) is 0.685. The van der Waals surface area contributed by atoms with Crippen molar-refractivity contribution in [3.8, 4) is 11.8 Å². The van der Waals surface area contributed by atoms with Crippen molar-refractivity contribution >= 4 is 45.9 Å². The number of nitrogens with zero attached hydrogens (tertiary/aromatic N) is 2. The van der Waals surface area contributed by atoms with Crippen LogP contribution in [0.25, 0.3) is 22.7 Å². The normalized spacial score (nSPS) is 11.5. The van der Waals surface area contributed by atoms with Gasteiger partial charge < -0.3 is 9.72 Å². The van der Waals surface area contributed by atoms with Crippen LogP contribution in [0, 0.1) is 11.3 Å². The zero-order valence-corrected chi connectivity index (χ0v) is 13.6. The number of H-pyrrole nitrogens is 1. The molecule has 1 heterocycles. The van der Waals surface area contributed by atoms with E-state index in [9.17, 15) is 5.26 Å². The highest BCUT2D eigenvalue weighted by atomic mass is 35.5. The molecule has 0 radical (unpaired) electrons. The van der Waals surface area contributed by atoms with Gasteiger partial charge in [0.2, 0.25) is 0 Å². The lowest BCUT2D eigenvalue weighted by Gasteiger charge is -2.06. The SMILES string of the molecule is COc1c(Cl)cc(/C=C(/C#N)c2nc3ccccc3[nH]2)cc1Cl. The molecule has 0 saturated carbocycles. The lowest BCUT2D eigenvalue weighted by atomic mass is 10.1. The van der Waals surface area contributed by atoms with Crippen LogP contribution >= 0.6 is 23.2 Å². The number of halogens is 2. The second-order valence-corrected chi connectivity index (χ2v) is 5.60. The van der Waals surface area contributed by atoms with Crippen LogP contribution in [-0.4, -0.2) is 17.1 Å². The number of nitrogens with one attached hydrogen (secondary N) is 1. The smallest absolute Gasteiger partial charge is 0.156 e. The van der Waals surface area contributed by atoms with Gasteiger partial charge in [0, 0.05) is 0 Å². The Labute approximate surface area is 142 Å². The van der Waals surface area contributed by atoms with Gasteiger partial charge in [0.1, 0.15) is 11.9 Å². The molecule has 0 aliphatic rings. The number of benzene rings is 2. The monoisotopic (exact) mass is 343 g/mol. The number of hydrogen-bond acceptors (Lipinski definition) is 3. The predicted molar refractivity (Wildman–Crippen MR) is 92.6 cm³/mol. The number of methoxy groups -OCH3 is 1. The van der Waals surface area contributed by atoms with Gasteiger partial charge in [-0.3, -0.25) is 0 Å². The largest absolute Gasteiger partial charge is 0.494 e. The fraction of sp³-hybridized carbons (Fsp3) is 0.0588. The summed E-state index contributed by atoms with van der Waals surface area (Å²) in [7, 11) is 1.50. The van der Waals surface area contributed by atoms with E-state index in [2.05, 4.69) is 16.0 Å². The van der Waals surface area contributed by atoms with Crippen LogP contribution in [0.2, 0.25) is 10.0 Å². The van der Waals surface area contributed by atoms with E-state index >= 15 is 0 Å². The molecule has 0 spiro atoms. The van der Waals surface area contributed by atoms with Gasteiger partial charge in [-0.25, -0.2) is 4.98 Å². The Morgan fingerprint density at radius 3 is 2.57 bits per heavy atom. The van der Waals surface area contributed by atoms with Crippen LogP contribution in [0.4, 0.5) is 0 Å². The summed E-state index contributed by atoms with van der Waals surface area (Å²) in [5.41, 5.74) is 2.75. The lowest BCUT2D eigenvalue weighted by molar-refractivity contribution is 0.415. The molecule has 4 nitrogen and oxygen atoms in total. The van der Waals surface area contributed by atoms with Crippen LogP contribution in [0.3, 0.4) is 0 Å². The summed E-state index contributed by atoms with van der Waals surface area (Å²) in [5.74, 6) is 0.907. The molecule has 2 aromatic carbocycles. The van der Waals surface area contributed by atoms with Crippen molar-refractivity contribution in [2.75, 3.05) is 7.11 Å². The Morgan fingerprint density at radius 1 is 1.26 bits per heavy atom. The average Bonchev–Trinajstić information content (AvgIpc) is 2.96. The molecule has 0 aliphatic heterocycles. The van der Waals surface area contributed by atoms with Gasteiger partial charge >= 0.3 is 0 Å². The van der Waals surface area contributed by atoms with E-state index in [0.717, 1.165) is 11.0 Å². The molecular formula is C17H11Cl2N3O.